The van der Waals surface area contributed by atoms with Gasteiger partial charge in [-0.25, -0.2) is 0 Å². The van der Waals surface area contributed by atoms with Crippen molar-refractivity contribution in [3.05, 3.63) is 29.8 Å². The van der Waals surface area contributed by atoms with Crippen LogP contribution in [0.4, 0.5) is 5.69 Å². The number of carbonyl (C=O) groups is 1. The van der Waals surface area contributed by atoms with Crippen LogP contribution in [0.3, 0.4) is 0 Å². The highest BCUT2D eigenvalue weighted by Gasteiger charge is 2.08. The number of carbonyl (C=O) groups excluding carboxylic acids is 1. The molecule has 0 aromatic heterocycles. The predicted octanol–water partition coefficient (Wildman–Crippen LogP) is 0.892. The fourth-order valence-electron chi connectivity index (χ4n) is 1.26. The van der Waals surface area contributed by atoms with E-state index in [0.717, 1.165) is 0 Å². The first-order valence-electron chi connectivity index (χ1n) is 5.29. The first-order chi connectivity index (χ1) is 8.65. The van der Waals surface area contributed by atoms with E-state index >= 15 is 0 Å². The molecule has 0 aliphatic heterocycles. The first kappa shape index (κ1) is 14.4. The minimum atomic E-state index is -1.23. The SMILES string of the molecule is COCCS(=O)CC(=O)Nc1cccc(C#N)c1. The molecular formula is C12H14N2O3S. The lowest BCUT2D eigenvalue weighted by molar-refractivity contribution is -0.113. The van der Waals surface area contributed by atoms with E-state index in [1.807, 2.05) is 6.07 Å². The molecule has 0 bridgehead atoms. The van der Waals surface area contributed by atoms with Crippen molar-refractivity contribution in [1.82, 2.24) is 0 Å². The van der Waals surface area contributed by atoms with Crippen LogP contribution in [0.1, 0.15) is 5.56 Å². The van der Waals surface area contributed by atoms with Crippen LogP contribution in [-0.2, 0) is 20.3 Å². The standard InChI is InChI=1S/C12H14N2O3S/c1-17-5-6-18(16)9-12(15)14-11-4-2-3-10(7-11)8-13/h2-4,7H,5-6,9H2,1H3,(H,14,15). The molecule has 0 fully saturated rings. The Morgan fingerprint density at radius 1 is 1.56 bits per heavy atom. The van der Waals surface area contributed by atoms with Gasteiger partial charge < -0.3 is 10.1 Å². The van der Waals surface area contributed by atoms with Crippen LogP contribution in [0.15, 0.2) is 24.3 Å². The maximum absolute atomic E-state index is 11.6. The molecule has 1 N–H and O–H groups in total. The summed E-state index contributed by atoms with van der Waals surface area (Å²) in [7, 11) is 0.286. The molecule has 0 radical (unpaired) electrons. The second-order valence-electron chi connectivity index (χ2n) is 3.52. The zero-order chi connectivity index (χ0) is 13.4. The van der Waals surface area contributed by atoms with E-state index in [9.17, 15) is 9.00 Å². The molecule has 6 heteroatoms. The van der Waals surface area contributed by atoms with Gasteiger partial charge in [0.15, 0.2) is 0 Å². The van der Waals surface area contributed by atoms with Gasteiger partial charge in [0.05, 0.1) is 18.2 Å². The molecule has 96 valence electrons. The molecule has 1 atom stereocenters. The lowest BCUT2D eigenvalue weighted by atomic mass is 10.2. The van der Waals surface area contributed by atoms with Crippen molar-refractivity contribution < 1.29 is 13.7 Å². The zero-order valence-electron chi connectivity index (χ0n) is 10.0. The Hall–Kier alpha value is -1.71. The molecule has 0 heterocycles. The number of rotatable bonds is 6. The zero-order valence-corrected chi connectivity index (χ0v) is 10.8. The number of amides is 1. The van der Waals surface area contributed by atoms with Crippen LogP contribution < -0.4 is 5.32 Å². The summed E-state index contributed by atoms with van der Waals surface area (Å²) in [4.78, 5) is 11.6. The fourth-order valence-corrected chi connectivity index (χ4v) is 2.12. The minimum absolute atomic E-state index is 0.0693. The normalized spacial score (nSPS) is 11.6. The topological polar surface area (TPSA) is 79.2 Å². The highest BCUT2D eigenvalue weighted by Crippen LogP contribution is 2.09. The number of ether oxygens (including phenoxy) is 1. The number of hydrogen-bond donors (Lipinski definition) is 1. The van der Waals surface area contributed by atoms with Crippen molar-refractivity contribution in [3.63, 3.8) is 0 Å². The third kappa shape index (κ3) is 5.08. The Kier molecular flexibility index (Phi) is 6.05. The maximum atomic E-state index is 11.6. The van der Waals surface area contributed by atoms with E-state index in [0.29, 0.717) is 23.6 Å². The number of hydrogen-bond acceptors (Lipinski definition) is 4. The Labute approximate surface area is 108 Å². The molecule has 1 aromatic rings. The van der Waals surface area contributed by atoms with E-state index in [4.69, 9.17) is 10.00 Å². The quantitative estimate of drug-likeness (QED) is 0.829. The van der Waals surface area contributed by atoms with Crippen LogP contribution in [0, 0.1) is 11.3 Å². The monoisotopic (exact) mass is 266 g/mol. The molecule has 5 nitrogen and oxygen atoms in total. The third-order valence-electron chi connectivity index (χ3n) is 2.08. The van der Waals surface area contributed by atoms with Gasteiger partial charge in [-0.15, -0.1) is 0 Å². The van der Waals surface area contributed by atoms with Gasteiger partial charge in [0.2, 0.25) is 5.91 Å². The third-order valence-corrected chi connectivity index (χ3v) is 3.29. The number of benzene rings is 1. The predicted molar refractivity (Wildman–Crippen MR) is 69.5 cm³/mol. The number of anilines is 1. The van der Waals surface area contributed by atoms with E-state index in [1.165, 1.54) is 7.11 Å². The average molecular weight is 266 g/mol. The lowest BCUT2D eigenvalue weighted by Crippen LogP contribution is -2.21. The molecule has 18 heavy (non-hydrogen) atoms. The Bertz CT molecular complexity index is 482. The van der Waals surface area contributed by atoms with Crippen molar-refractivity contribution in [2.24, 2.45) is 0 Å². The molecule has 0 saturated heterocycles. The molecular weight excluding hydrogens is 252 g/mol. The summed E-state index contributed by atoms with van der Waals surface area (Å²) < 4.78 is 16.2. The van der Waals surface area contributed by atoms with Gasteiger partial charge in [0.1, 0.15) is 5.75 Å². The highest BCUT2D eigenvalue weighted by molar-refractivity contribution is 7.85. The van der Waals surface area contributed by atoms with Gasteiger partial charge in [-0.1, -0.05) is 6.07 Å². The van der Waals surface area contributed by atoms with Crippen LogP contribution >= 0.6 is 0 Å². The Morgan fingerprint density at radius 3 is 3.00 bits per heavy atom. The van der Waals surface area contributed by atoms with Gasteiger partial charge in [-0.05, 0) is 18.2 Å². The number of methoxy groups -OCH3 is 1. The Morgan fingerprint density at radius 2 is 2.33 bits per heavy atom. The molecule has 0 spiro atoms. The molecule has 1 aromatic carbocycles. The van der Waals surface area contributed by atoms with Gasteiger partial charge in [-0.3, -0.25) is 9.00 Å². The van der Waals surface area contributed by atoms with Crippen LogP contribution in [0.25, 0.3) is 0 Å². The van der Waals surface area contributed by atoms with Crippen molar-refractivity contribution in [2.45, 2.75) is 0 Å². The number of nitrogens with one attached hydrogen (secondary N) is 1. The molecule has 0 aliphatic rings. The largest absolute Gasteiger partial charge is 0.384 e. The van der Waals surface area contributed by atoms with Gasteiger partial charge in [-0.2, -0.15) is 5.26 Å². The fraction of sp³-hybridized carbons (Fsp3) is 0.333. The van der Waals surface area contributed by atoms with E-state index in [2.05, 4.69) is 5.32 Å². The van der Waals surface area contributed by atoms with Gasteiger partial charge >= 0.3 is 0 Å². The van der Waals surface area contributed by atoms with Crippen molar-refractivity contribution in [3.8, 4) is 6.07 Å². The van der Waals surface area contributed by atoms with Gasteiger partial charge in [0, 0.05) is 29.3 Å². The summed E-state index contributed by atoms with van der Waals surface area (Å²) in [6.45, 7) is 0.365. The average Bonchev–Trinajstić information content (AvgIpc) is 2.36. The number of nitriles is 1. The number of nitrogens with zero attached hydrogens (tertiary/aromatic N) is 1. The minimum Gasteiger partial charge on any atom is -0.384 e. The summed E-state index contributed by atoms with van der Waals surface area (Å²) in [6, 6.07) is 8.55. The molecule has 1 unspecified atom stereocenters. The Balaban J connectivity index is 2.49. The highest BCUT2D eigenvalue weighted by atomic mass is 32.2. The molecule has 0 aliphatic carbocycles. The molecule has 0 saturated carbocycles. The van der Waals surface area contributed by atoms with Crippen molar-refractivity contribution in [1.29, 1.82) is 5.26 Å². The summed E-state index contributed by atoms with van der Waals surface area (Å²) in [5.74, 6) is -0.0676. The second kappa shape index (κ2) is 7.58. The second-order valence-corrected chi connectivity index (χ2v) is 5.10. The van der Waals surface area contributed by atoms with E-state index in [1.54, 1.807) is 24.3 Å². The maximum Gasteiger partial charge on any atom is 0.236 e. The van der Waals surface area contributed by atoms with Crippen LogP contribution in [0.2, 0.25) is 0 Å². The summed E-state index contributed by atoms with van der Waals surface area (Å²) in [5.41, 5.74) is 0.996. The van der Waals surface area contributed by atoms with Crippen LogP contribution in [-0.4, -0.2) is 35.3 Å². The molecule has 1 rings (SSSR count). The van der Waals surface area contributed by atoms with Crippen molar-refractivity contribution >= 4 is 22.4 Å². The first-order valence-corrected chi connectivity index (χ1v) is 6.78. The summed E-state index contributed by atoms with van der Waals surface area (Å²) in [6.07, 6.45) is 0. The van der Waals surface area contributed by atoms with E-state index < -0.39 is 10.8 Å². The smallest absolute Gasteiger partial charge is 0.236 e. The summed E-state index contributed by atoms with van der Waals surface area (Å²) in [5, 5.41) is 11.3. The van der Waals surface area contributed by atoms with Gasteiger partial charge in [0.25, 0.3) is 0 Å². The van der Waals surface area contributed by atoms with E-state index in [-0.39, 0.29) is 11.7 Å². The van der Waals surface area contributed by atoms with Crippen LogP contribution in [0.5, 0.6) is 0 Å². The summed E-state index contributed by atoms with van der Waals surface area (Å²) >= 11 is 0. The van der Waals surface area contributed by atoms with Crippen molar-refractivity contribution in [2.75, 3.05) is 30.5 Å². The lowest BCUT2D eigenvalue weighted by Gasteiger charge is -2.05. The molecule has 1 amide bonds.